The highest BCUT2D eigenvalue weighted by molar-refractivity contribution is 5.95. The first kappa shape index (κ1) is 30.3. The highest BCUT2D eigenvalue weighted by Crippen LogP contribution is 2.64. The first-order valence-electron chi connectivity index (χ1n) is 14.1. The van der Waals surface area contributed by atoms with Crippen molar-refractivity contribution in [3.63, 3.8) is 0 Å². The van der Waals surface area contributed by atoms with Gasteiger partial charge in [0.2, 0.25) is 0 Å². The highest BCUT2D eigenvalue weighted by atomic mass is 16.6. The number of ether oxygens (including phenoxy) is 4. The van der Waals surface area contributed by atoms with Crippen LogP contribution in [0.2, 0.25) is 0 Å². The van der Waals surface area contributed by atoms with Gasteiger partial charge in [-0.1, -0.05) is 32.0 Å². The molecule has 1 saturated heterocycles. The molecule has 1 aromatic carbocycles. The topological polar surface area (TPSA) is 166 Å². The van der Waals surface area contributed by atoms with Crippen molar-refractivity contribution >= 4 is 23.7 Å². The summed E-state index contributed by atoms with van der Waals surface area (Å²) in [4.78, 5) is 53.4. The molecule has 1 aliphatic heterocycles. The lowest BCUT2D eigenvalue weighted by molar-refractivity contribution is -0.345. The summed E-state index contributed by atoms with van der Waals surface area (Å²) in [6, 6.07) is 8.05. The first-order valence-corrected chi connectivity index (χ1v) is 14.1. The Bertz CT molecular complexity index is 1350. The van der Waals surface area contributed by atoms with Gasteiger partial charge in [0.15, 0.2) is 17.5 Å². The maximum atomic E-state index is 14.8. The molecule has 11 nitrogen and oxygen atoms in total. The number of ketones is 1. The molecule has 5 rings (SSSR count). The zero-order valence-corrected chi connectivity index (χ0v) is 24.6. The van der Waals surface area contributed by atoms with Gasteiger partial charge >= 0.3 is 17.9 Å². The molecule has 3 fully saturated rings. The SMILES string of the molecule is CC(=O)O[C@@H]1C(=O)[C@]2(C)[C@H](O)C[C@H]3OC[C@]3(OC(C)=O)[C@@H]2[C@H](OC(=O)c2ccccc2)[C@]2(O)C[C@H](O)C(C)=C1C2(C)C. The number of carbonyl (C=O) groups is 4. The number of rotatable bonds is 4. The highest BCUT2D eigenvalue weighted by Gasteiger charge is 2.78. The number of aliphatic hydroxyl groups excluding tert-OH is 2. The Balaban J connectivity index is 1.84. The lowest BCUT2D eigenvalue weighted by Gasteiger charge is -2.67. The molecule has 0 spiro atoms. The van der Waals surface area contributed by atoms with Crippen molar-refractivity contribution in [2.24, 2.45) is 16.7 Å². The molecule has 3 aliphatic carbocycles. The third kappa shape index (κ3) is 4.08. The molecule has 0 amide bonds. The first-order chi connectivity index (χ1) is 19.5. The third-order valence-corrected chi connectivity index (χ3v) is 10.2. The largest absolute Gasteiger partial charge is 0.455 e. The second-order valence-electron chi connectivity index (χ2n) is 12.8. The average Bonchev–Trinajstić information content (AvgIpc) is 2.90. The minimum Gasteiger partial charge on any atom is -0.455 e. The fourth-order valence-electron chi connectivity index (χ4n) is 7.91. The van der Waals surface area contributed by atoms with E-state index in [-0.39, 0.29) is 30.6 Å². The van der Waals surface area contributed by atoms with E-state index < -0.39 is 82.2 Å². The van der Waals surface area contributed by atoms with E-state index in [4.69, 9.17) is 18.9 Å². The predicted molar refractivity (Wildman–Crippen MR) is 145 cm³/mol. The van der Waals surface area contributed by atoms with Crippen LogP contribution in [0.3, 0.4) is 0 Å². The van der Waals surface area contributed by atoms with E-state index in [9.17, 15) is 34.5 Å². The average molecular weight is 587 g/mol. The van der Waals surface area contributed by atoms with E-state index in [1.165, 1.54) is 26.0 Å². The number of hydrogen-bond acceptors (Lipinski definition) is 11. The van der Waals surface area contributed by atoms with Gasteiger partial charge in [0, 0.05) is 32.1 Å². The van der Waals surface area contributed by atoms with Gasteiger partial charge in [-0.25, -0.2) is 4.79 Å². The fourth-order valence-corrected chi connectivity index (χ4v) is 7.91. The molecular formula is C31H38O11. The standard InChI is InChI=1S/C31H38O11/c1-15-19(34)13-31(38)26(41-27(37)18-10-8-7-9-11-18)24-29(6,20(35)12-21-30(24,14-39-21)42-17(3)33)25(36)23(40-16(2)32)22(15)28(31,4)5/h7-11,19-21,23-24,26,34-35,38H,12-14H2,1-6H3/t19-,20+,21+,23-,24+,26-,29+,30+,31+/m0/s1. The second-order valence-corrected chi connectivity index (χ2v) is 12.8. The van der Waals surface area contributed by atoms with Crippen molar-refractivity contribution in [3.05, 3.63) is 47.0 Å². The Kier molecular flexibility index (Phi) is 7.20. The van der Waals surface area contributed by atoms with E-state index in [0.717, 1.165) is 6.92 Å². The predicted octanol–water partition coefficient (Wildman–Crippen LogP) is 1.65. The van der Waals surface area contributed by atoms with Gasteiger partial charge in [0.1, 0.15) is 17.8 Å². The molecule has 42 heavy (non-hydrogen) atoms. The van der Waals surface area contributed by atoms with Gasteiger partial charge in [0.25, 0.3) is 0 Å². The van der Waals surface area contributed by atoms with Crippen LogP contribution in [0, 0.1) is 16.7 Å². The minimum atomic E-state index is -2.11. The van der Waals surface area contributed by atoms with Gasteiger partial charge in [-0.05, 0) is 37.1 Å². The van der Waals surface area contributed by atoms with Crippen molar-refractivity contribution in [1.29, 1.82) is 0 Å². The second kappa shape index (κ2) is 9.97. The molecule has 2 saturated carbocycles. The van der Waals surface area contributed by atoms with Crippen molar-refractivity contribution in [2.45, 2.75) is 96.1 Å². The lowest BCUT2D eigenvalue weighted by Crippen LogP contribution is -2.81. The minimum absolute atomic E-state index is 0.110. The van der Waals surface area contributed by atoms with Gasteiger partial charge in [-0.15, -0.1) is 0 Å². The summed E-state index contributed by atoms with van der Waals surface area (Å²) in [6.07, 6.45) is -7.27. The van der Waals surface area contributed by atoms with E-state index in [1.54, 1.807) is 39.0 Å². The zero-order chi connectivity index (χ0) is 31.0. The Labute approximate surface area is 243 Å². The normalized spacial score (nSPS) is 40.4. The molecule has 228 valence electrons. The number of benzene rings is 1. The molecule has 4 aliphatic rings. The monoisotopic (exact) mass is 586 g/mol. The molecule has 3 N–H and O–H groups in total. The van der Waals surface area contributed by atoms with Crippen LogP contribution in [0.15, 0.2) is 41.5 Å². The van der Waals surface area contributed by atoms with Crippen LogP contribution in [0.25, 0.3) is 0 Å². The number of Topliss-reactive ketones (excluding diaryl/α,β-unsaturated/α-hetero) is 1. The smallest absolute Gasteiger partial charge is 0.338 e. The molecule has 2 bridgehead atoms. The molecule has 0 aromatic heterocycles. The Morgan fingerprint density at radius 3 is 2.19 bits per heavy atom. The van der Waals surface area contributed by atoms with Crippen LogP contribution in [0.5, 0.6) is 0 Å². The van der Waals surface area contributed by atoms with Crippen molar-refractivity contribution < 1.29 is 53.4 Å². The van der Waals surface area contributed by atoms with Gasteiger partial charge < -0.3 is 34.3 Å². The summed E-state index contributed by atoms with van der Waals surface area (Å²) >= 11 is 0. The van der Waals surface area contributed by atoms with E-state index in [2.05, 4.69) is 0 Å². The van der Waals surface area contributed by atoms with Crippen molar-refractivity contribution in [1.82, 2.24) is 0 Å². The van der Waals surface area contributed by atoms with Crippen LogP contribution in [0.4, 0.5) is 0 Å². The summed E-state index contributed by atoms with van der Waals surface area (Å²) < 4.78 is 23.5. The van der Waals surface area contributed by atoms with Crippen LogP contribution in [-0.2, 0) is 33.3 Å². The van der Waals surface area contributed by atoms with Crippen LogP contribution >= 0.6 is 0 Å². The number of esters is 3. The quantitative estimate of drug-likeness (QED) is 0.267. The molecule has 1 heterocycles. The summed E-state index contributed by atoms with van der Waals surface area (Å²) in [6.45, 7) is 8.42. The Morgan fingerprint density at radius 1 is 1.00 bits per heavy atom. The third-order valence-electron chi connectivity index (χ3n) is 10.2. The number of hydrogen-bond donors (Lipinski definition) is 3. The molecule has 0 radical (unpaired) electrons. The number of aliphatic hydroxyl groups is 3. The molecule has 0 unspecified atom stereocenters. The zero-order valence-electron chi connectivity index (χ0n) is 24.6. The van der Waals surface area contributed by atoms with Crippen LogP contribution < -0.4 is 0 Å². The van der Waals surface area contributed by atoms with E-state index in [1.807, 2.05) is 0 Å². The van der Waals surface area contributed by atoms with E-state index in [0.29, 0.717) is 5.57 Å². The molecule has 9 atom stereocenters. The molecule has 1 aromatic rings. The number of carbonyl (C=O) groups excluding carboxylic acids is 4. The lowest BCUT2D eigenvalue weighted by atomic mass is 9.44. The molecular weight excluding hydrogens is 548 g/mol. The summed E-state index contributed by atoms with van der Waals surface area (Å²) in [5, 5.41) is 35.8. The Morgan fingerprint density at radius 2 is 1.64 bits per heavy atom. The Hall–Kier alpha value is -3.12. The van der Waals surface area contributed by atoms with E-state index >= 15 is 0 Å². The maximum absolute atomic E-state index is 14.8. The summed E-state index contributed by atoms with van der Waals surface area (Å²) in [5.41, 5.74) is -6.38. The molecule has 11 heteroatoms. The fraction of sp³-hybridized carbons (Fsp3) is 0.613. The van der Waals surface area contributed by atoms with Gasteiger partial charge in [0.05, 0.1) is 35.7 Å². The summed E-state index contributed by atoms with van der Waals surface area (Å²) in [5.74, 6) is -4.41. The van der Waals surface area contributed by atoms with Crippen LogP contribution in [-0.4, -0.2) is 87.3 Å². The van der Waals surface area contributed by atoms with Gasteiger partial charge in [-0.3, -0.25) is 14.4 Å². The van der Waals surface area contributed by atoms with Gasteiger partial charge in [-0.2, -0.15) is 0 Å². The number of fused-ring (bicyclic) bond motifs is 5. The maximum Gasteiger partial charge on any atom is 0.338 e. The van der Waals surface area contributed by atoms with Crippen molar-refractivity contribution in [2.75, 3.05) is 6.61 Å². The van der Waals surface area contributed by atoms with Crippen LogP contribution in [0.1, 0.15) is 64.7 Å². The van der Waals surface area contributed by atoms with Crippen molar-refractivity contribution in [3.8, 4) is 0 Å². The summed E-state index contributed by atoms with van der Waals surface area (Å²) in [7, 11) is 0.